The van der Waals surface area contributed by atoms with Crippen molar-refractivity contribution in [2.75, 3.05) is 0 Å². The lowest BCUT2D eigenvalue weighted by Crippen LogP contribution is -2.11. The summed E-state index contributed by atoms with van der Waals surface area (Å²) in [6, 6.07) is 0. The van der Waals surface area contributed by atoms with Gasteiger partial charge in [0.2, 0.25) is 0 Å². The van der Waals surface area contributed by atoms with Gasteiger partial charge in [0, 0.05) is 10.1 Å². The van der Waals surface area contributed by atoms with Crippen LogP contribution in [0.15, 0.2) is 22.2 Å². The molecule has 0 aliphatic heterocycles. The number of rotatable bonds is 0. The van der Waals surface area contributed by atoms with Gasteiger partial charge in [-0.3, -0.25) is 0 Å². The molecule has 0 nitrogen and oxygen atoms in total. The van der Waals surface area contributed by atoms with Crippen LogP contribution < -0.4 is 0 Å². The first-order valence-corrected chi connectivity index (χ1v) is 4.11. The maximum absolute atomic E-state index is 5.89. The predicted octanol–water partition coefficient (Wildman–Crippen LogP) is 3.52. The second kappa shape index (κ2) is 2.98. The summed E-state index contributed by atoms with van der Waals surface area (Å²) in [6.45, 7) is 4.16. The monoisotopic (exact) mass is 176 g/mol. The minimum absolute atomic E-state index is 0.374. The van der Waals surface area contributed by atoms with E-state index in [0.29, 0.717) is 11.8 Å². The molecule has 0 aromatic heterocycles. The van der Waals surface area contributed by atoms with Crippen LogP contribution in [0.3, 0.4) is 0 Å². The Morgan fingerprint density at radius 1 is 1.00 bits per heavy atom. The van der Waals surface area contributed by atoms with Crippen molar-refractivity contribution in [2.45, 2.75) is 13.8 Å². The number of halogens is 2. The van der Waals surface area contributed by atoms with E-state index in [1.54, 1.807) is 0 Å². The van der Waals surface area contributed by atoms with E-state index in [4.69, 9.17) is 23.2 Å². The molecular formula is C8H10Cl2. The van der Waals surface area contributed by atoms with E-state index in [2.05, 4.69) is 13.8 Å². The van der Waals surface area contributed by atoms with E-state index >= 15 is 0 Å². The number of hydrogen-bond acceptors (Lipinski definition) is 0. The molecule has 2 atom stereocenters. The molecule has 0 amide bonds. The molecule has 0 saturated carbocycles. The molecule has 0 fully saturated rings. The Morgan fingerprint density at radius 3 is 1.60 bits per heavy atom. The summed E-state index contributed by atoms with van der Waals surface area (Å²) >= 11 is 11.8. The maximum Gasteiger partial charge on any atom is 0.0215 e. The fourth-order valence-electron chi connectivity index (χ4n) is 0.940. The Morgan fingerprint density at radius 2 is 1.30 bits per heavy atom. The van der Waals surface area contributed by atoms with Crippen molar-refractivity contribution in [3.8, 4) is 0 Å². The van der Waals surface area contributed by atoms with Gasteiger partial charge in [0.15, 0.2) is 0 Å². The minimum atomic E-state index is 0.374. The van der Waals surface area contributed by atoms with Crippen molar-refractivity contribution in [1.29, 1.82) is 0 Å². The van der Waals surface area contributed by atoms with Crippen LogP contribution in [0.2, 0.25) is 0 Å². The van der Waals surface area contributed by atoms with Crippen LogP contribution in [-0.4, -0.2) is 0 Å². The lowest BCUT2D eigenvalue weighted by atomic mass is 9.91. The Kier molecular flexibility index (Phi) is 2.43. The average Bonchev–Trinajstić information content (AvgIpc) is 1.93. The molecule has 0 unspecified atom stereocenters. The van der Waals surface area contributed by atoms with Gasteiger partial charge >= 0.3 is 0 Å². The number of hydrogen-bond donors (Lipinski definition) is 0. The van der Waals surface area contributed by atoms with Crippen LogP contribution in [-0.2, 0) is 0 Å². The second-order valence-corrected chi connectivity index (χ2v) is 3.55. The Bertz CT molecular complexity index is 169. The molecule has 0 heterocycles. The zero-order valence-corrected chi connectivity index (χ0v) is 7.58. The highest BCUT2D eigenvalue weighted by molar-refractivity contribution is 6.32. The summed E-state index contributed by atoms with van der Waals surface area (Å²) < 4.78 is 0. The van der Waals surface area contributed by atoms with Crippen molar-refractivity contribution in [1.82, 2.24) is 0 Å². The maximum atomic E-state index is 5.89. The van der Waals surface area contributed by atoms with Gasteiger partial charge in [-0.15, -0.1) is 0 Å². The molecule has 2 heteroatoms. The fraction of sp³-hybridized carbons (Fsp3) is 0.500. The van der Waals surface area contributed by atoms with Gasteiger partial charge in [0.25, 0.3) is 0 Å². The summed E-state index contributed by atoms with van der Waals surface area (Å²) in [6.07, 6.45) is 3.74. The molecule has 0 N–H and O–H groups in total. The van der Waals surface area contributed by atoms with E-state index in [0.717, 1.165) is 10.1 Å². The molecule has 0 radical (unpaired) electrons. The van der Waals surface area contributed by atoms with Crippen LogP contribution in [0, 0.1) is 11.8 Å². The van der Waals surface area contributed by atoms with Crippen LogP contribution in [0.4, 0.5) is 0 Å². The molecule has 1 aliphatic rings. The molecule has 1 aliphatic carbocycles. The summed E-state index contributed by atoms with van der Waals surface area (Å²) in [5.41, 5.74) is 0. The molecule has 0 aromatic carbocycles. The average molecular weight is 177 g/mol. The molecule has 56 valence electrons. The first kappa shape index (κ1) is 8.16. The SMILES string of the molecule is C[C@@H]1C(Cl)=CC=C(Cl)[C@@H]1C. The quantitative estimate of drug-likeness (QED) is 0.531. The van der Waals surface area contributed by atoms with Gasteiger partial charge in [-0.1, -0.05) is 37.0 Å². The molecule has 0 saturated heterocycles. The number of allylic oxidation sites excluding steroid dienone is 4. The van der Waals surface area contributed by atoms with Crippen molar-refractivity contribution in [3.63, 3.8) is 0 Å². The Balaban J connectivity index is 2.86. The van der Waals surface area contributed by atoms with Crippen LogP contribution in [0.25, 0.3) is 0 Å². The van der Waals surface area contributed by atoms with Crippen molar-refractivity contribution in [3.05, 3.63) is 22.2 Å². The van der Waals surface area contributed by atoms with Crippen LogP contribution in [0.5, 0.6) is 0 Å². The highest BCUT2D eigenvalue weighted by Gasteiger charge is 2.20. The molecule has 10 heavy (non-hydrogen) atoms. The van der Waals surface area contributed by atoms with E-state index in [1.165, 1.54) is 0 Å². The minimum Gasteiger partial charge on any atom is -0.0888 e. The summed E-state index contributed by atoms with van der Waals surface area (Å²) in [7, 11) is 0. The standard InChI is InChI=1S/C8H10Cl2/c1-5-6(2)8(10)4-3-7(5)9/h3-6H,1-2H3/t5-,6+. The van der Waals surface area contributed by atoms with Gasteiger partial charge < -0.3 is 0 Å². The van der Waals surface area contributed by atoms with Crippen molar-refractivity contribution >= 4 is 23.2 Å². The third-order valence-corrected chi connectivity index (χ3v) is 2.96. The van der Waals surface area contributed by atoms with Gasteiger partial charge in [0.05, 0.1) is 0 Å². The first-order chi connectivity index (χ1) is 4.63. The zero-order valence-electron chi connectivity index (χ0n) is 6.07. The molecular weight excluding hydrogens is 167 g/mol. The van der Waals surface area contributed by atoms with Gasteiger partial charge in [-0.05, 0) is 24.0 Å². The lowest BCUT2D eigenvalue weighted by molar-refractivity contribution is 0.533. The molecule has 0 aromatic rings. The van der Waals surface area contributed by atoms with E-state index in [9.17, 15) is 0 Å². The predicted molar refractivity (Wildman–Crippen MR) is 46.2 cm³/mol. The highest BCUT2D eigenvalue weighted by Crippen LogP contribution is 2.34. The smallest absolute Gasteiger partial charge is 0.0215 e. The Hall–Kier alpha value is 0.0600. The third-order valence-electron chi connectivity index (χ3n) is 2.02. The largest absolute Gasteiger partial charge is 0.0888 e. The molecule has 0 spiro atoms. The van der Waals surface area contributed by atoms with Gasteiger partial charge in [0.1, 0.15) is 0 Å². The molecule has 0 bridgehead atoms. The normalized spacial score (nSPS) is 33.2. The third kappa shape index (κ3) is 1.38. The van der Waals surface area contributed by atoms with E-state index < -0.39 is 0 Å². The first-order valence-electron chi connectivity index (χ1n) is 3.35. The summed E-state index contributed by atoms with van der Waals surface area (Å²) in [5.74, 6) is 0.748. The van der Waals surface area contributed by atoms with E-state index in [-0.39, 0.29) is 0 Å². The topological polar surface area (TPSA) is 0 Å². The van der Waals surface area contributed by atoms with Gasteiger partial charge in [-0.2, -0.15) is 0 Å². The van der Waals surface area contributed by atoms with Crippen molar-refractivity contribution < 1.29 is 0 Å². The van der Waals surface area contributed by atoms with Crippen LogP contribution in [0.1, 0.15) is 13.8 Å². The zero-order chi connectivity index (χ0) is 7.72. The summed E-state index contributed by atoms with van der Waals surface area (Å²) in [4.78, 5) is 0. The van der Waals surface area contributed by atoms with Crippen molar-refractivity contribution in [2.24, 2.45) is 11.8 Å². The molecule has 1 rings (SSSR count). The van der Waals surface area contributed by atoms with E-state index in [1.807, 2.05) is 12.2 Å². The second-order valence-electron chi connectivity index (χ2n) is 2.68. The fourth-order valence-corrected chi connectivity index (χ4v) is 1.44. The lowest BCUT2D eigenvalue weighted by Gasteiger charge is -2.21. The summed E-state index contributed by atoms with van der Waals surface area (Å²) in [5, 5.41) is 1.80. The van der Waals surface area contributed by atoms with Gasteiger partial charge in [-0.25, -0.2) is 0 Å². The Labute approximate surface area is 71.5 Å². The highest BCUT2D eigenvalue weighted by atomic mass is 35.5. The van der Waals surface area contributed by atoms with Crippen LogP contribution >= 0.6 is 23.2 Å².